The van der Waals surface area contributed by atoms with Gasteiger partial charge in [-0.25, -0.2) is 0 Å². The zero-order valence-corrected chi connectivity index (χ0v) is 23.5. The Morgan fingerprint density at radius 2 is 1.16 bits per heavy atom. The number of nitrogens with zero attached hydrogens (tertiary/aromatic N) is 2. The first-order chi connectivity index (χ1) is 15.1. The Morgan fingerprint density at radius 3 is 1.58 bits per heavy atom. The van der Waals surface area contributed by atoms with Gasteiger partial charge >= 0.3 is 0 Å². The first kappa shape index (κ1) is 23.6. The van der Waals surface area contributed by atoms with Crippen LogP contribution in [0.2, 0.25) is 0 Å². The normalized spacial score (nSPS) is 11.6. The summed E-state index contributed by atoms with van der Waals surface area (Å²) in [6.07, 6.45) is 9.81. The Bertz CT molecular complexity index is 1070. The summed E-state index contributed by atoms with van der Waals surface area (Å²) >= 11 is 12.5. The predicted octanol–water partition coefficient (Wildman–Crippen LogP) is 10.1. The zero-order chi connectivity index (χ0) is 21.8. The topological polar surface area (TPSA) is 25.8 Å². The van der Waals surface area contributed by atoms with E-state index in [9.17, 15) is 0 Å². The minimum absolute atomic E-state index is 1.02. The van der Waals surface area contributed by atoms with Gasteiger partial charge in [-0.3, -0.25) is 0 Å². The lowest BCUT2D eigenvalue weighted by molar-refractivity contribution is 0.717. The predicted molar refractivity (Wildman–Crippen MR) is 146 cm³/mol. The molecule has 3 aromatic heterocycles. The lowest BCUT2D eigenvalue weighted by Crippen LogP contribution is -1.84. The molecule has 164 valence electrons. The summed E-state index contributed by atoms with van der Waals surface area (Å²) in [7, 11) is 0. The van der Waals surface area contributed by atoms with E-state index in [0.29, 0.717) is 0 Å². The smallest absolute Gasteiger partial charge is 0.114 e. The fraction of sp³-hybridized carbons (Fsp3) is 0.417. The van der Waals surface area contributed by atoms with E-state index in [4.69, 9.17) is 8.75 Å². The molecule has 0 unspecified atom stereocenters. The molecule has 0 saturated heterocycles. The van der Waals surface area contributed by atoms with Gasteiger partial charge in [0.15, 0.2) is 0 Å². The monoisotopic (exact) mass is 596 g/mol. The van der Waals surface area contributed by atoms with Crippen LogP contribution in [0.1, 0.15) is 63.5 Å². The van der Waals surface area contributed by atoms with Gasteiger partial charge in [0.2, 0.25) is 0 Å². The van der Waals surface area contributed by atoms with Crippen molar-refractivity contribution in [3.8, 4) is 20.9 Å². The Balaban J connectivity index is 1.66. The fourth-order valence-electron chi connectivity index (χ4n) is 3.81. The molecule has 4 rings (SSSR count). The molecule has 0 aliphatic heterocycles. The van der Waals surface area contributed by atoms with Gasteiger partial charge in [-0.2, -0.15) is 8.75 Å². The Kier molecular flexibility index (Phi) is 8.37. The number of thiophene rings is 2. The number of hydrogen-bond donors (Lipinski definition) is 0. The third-order valence-electron chi connectivity index (χ3n) is 5.56. The summed E-state index contributed by atoms with van der Waals surface area (Å²) in [6.45, 7) is 4.50. The summed E-state index contributed by atoms with van der Waals surface area (Å²) in [4.78, 5) is 2.55. The van der Waals surface area contributed by atoms with Crippen molar-refractivity contribution in [2.24, 2.45) is 0 Å². The summed E-state index contributed by atoms with van der Waals surface area (Å²) in [5.74, 6) is 0. The van der Waals surface area contributed by atoms with E-state index in [0.717, 1.165) is 23.9 Å². The van der Waals surface area contributed by atoms with E-state index in [1.54, 1.807) is 0 Å². The van der Waals surface area contributed by atoms with Crippen LogP contribution in [0.15, 0.2) is 31.8 Å². The average Bonchev–Trinajstić information content (AvgIpc) is 3.47. The van der Waals surface area contributed by atoms with E-state index < -0.39 is 0 Å². The van der Waals surface area contributed by atoms with Gasteiger partial charge in [-0.05, 0) is 80.8 Å². The molecule has 1 aromatic carbocycles. The molecular formula is C24H26Br2N2S3. The number of unbranched alkanes of at least 4 members (excludes halogenated alkanes) is 4. The highest BCUT2D eigenvalue weighted by atomic mass is 79.9. The molecule has 0 radical (unpaired) electrons. The highest BCUT2D eigenvalue weighted by Gasteiger charge is 2.18. The average molecular weight is 598 g/mol. The molecule has 0 fully saturated rings. The van der Waals surface area contributed by atoms with Gasteiger partial charge in [0, 0.05) is 20.9 Å². The van der Waals surface area contributed by atoms with E-state index in [2.05, 4.69) is 70.0 Å². The molecule has 0 aliphatic carbocycles. The van der Waals surface area contributed by atoms with Crippen molar-refractivity contribution in [2.45, 2.75) is 65.2 Å². The lowest BCUT2D eigenvalue weighted by Gasteiger charge is -2.03. The second-order valence-electron chi connectivity index (χ2n) is 7.86. The third-order valence-corrected chi connectivity index (χ3v) is 10.1. The molecule has 3 heterocycles. The van der Waals surface area contributed by atoms with Crippen molar-refractivity contribution in [3.63, 3.8) is 0 Å². The highest BCUT2D eigenvalue weighted by Crippen LogP contribution is 2.43. The van der Waals surface area contributed by atoms with Gasteiger partial charge in [0.25, 0.3) is 0 Å². The van der Waals surface area contributed by atoms with Crippen LogP contribution in [-0.2, 0) is 12.8 Å². The largest absolute Gasteiger partial charge is 0.172 e. The van der Waals surface area contributed by atoms with E-state index >= 15 is 0 Å². The second-order valence-corrected chi connectivity index (χ2v) is 13.1. The molecule has 0 bridgehead atoms. The first-order valence-corrected chi connectivity index (χ1v) is 14.9. The van der Waals surface area contributed by atoms with Crippen LogP contribution in [-0.4, -0.2) is 8.75 Å². The maximum Gasteiger partial charge on any atom is 0.114 e. The van der Waals surface area contributed by atoms with Crippen LogP contribution >= 0.6 is 66.3 Å². The summed E-state index contributed by atoms with van der Waals surface area (Å²) in [5, 5.41) is 0. The SMILES string of the molecule is CCCCCc1cc(-c2ccc(-c3cc(CCCCC)c(Br)s3)c3nsnc23)sc1Br. The molecule has 7 heteroatoms. The number of aromatic nitrogens is 2. The van der Waals surface area contributed by atoms with Gasteiger partial charge in [-0.1, -0.05) is 51.7 Å². The number of aryl methyl sites for hydroxylation is 2. The molecular weight excluding hydrogens is 572 g/mol. The van der Waals surface area contributed by atoms with Crippen LogP contribution in [0.5, 0.6) is 0 Å². The van der Waals surface area contributed by atoms with Crippen LogP contribution in [0.3, 0.4) is 0 Å². The van der Waals surface area contributed by atoms with Crippen molar-refractivity contribution in [1.29, 1.82) is 0 Å². The molecule has 31 heavy (non-hydrogen) atoms. The van der Waals surface area contributed by atoms with Crippen LogP contribution in [0, 0.1) is 0 Å². The summed E-state index contributed by atoms with van der Waals surface area (Å²) < 4.78 is 11.9. The zero-order valence-electron chi connectivity index (χ0n) is 17.8. The van der Waals surface area contributed by atoms with Crippen LogP contribution < -0.4 is 0 Å². The molecule has 0 aliphatic rings. The maximum atomic E-state index is 4.70. The number of benzene rings is 1. The number of hydrogen-bond acceptors (Lipinski definition) is 5. The Labute approximate surface area is 213 Å². The van der Waals surface area contributed by atoms with Gasteiger partial charge in [0.1, 0.15) is 11.0 Å². The molecule has 4 aromatic rings. The third kappa shape index (κ3) is 5.32. The molecule has 2 nitrogen and oxygen atoms in total. The minimum atomic E-state index is 1.02. The molecule has 0 atom stereocenters. The molecule has 0 N–H and O–H groups in total. The quantitative estimate of drug-likeness (QED) is 0.170. The second kappa shape index (κ2) is 11.0. The van der Waals surface area contributed by atoms with E-state index in [-0.39, 0.29) is 0 Å². The van der Waals surface area contributed by atoms with Crippen LogP contribution in [0.25, 0.3) is 31.9 Å². The van der Waals surface area contributed by atoms with E-state index in [1.165, 1.54) is 89.8 Å². The van der Waals surface area contributed by atoms with Crippen molar-refractivity contribution >= 4 is 77.3 Å². The van der Waals surface area contributed by atoms with Crippen molar-refractivity contribution < 1.29 is 0 Å². The summed E-state index contributed by atoms with van der Waals surface area (Å²) in [6, 6.07) is 9.15. The lowest BCUT2D eigenvalue weighted by atomic mass is 10.0. The van der Waals surface area contributed by atoms with Crippen LogP contribution in [0.4, 0.5) is 0 Å². The standard InChI is InChI=1S/C24H26Br2N2S3/c1-3-5-7-9-15-13-19(29-23(15)25)17-11-12-18(22-21(17)27-31-28-22)20-14-16(24(26)30-20)10-8-6-4-2/h11-14H,3-10H2,1-2H3. The molecule has 0 saturated carbocycles. The Hall–Kier alpha value is -0.600. The molecule has 0 amide bonds. The van der Waals surface area contributed by atoms with Gasteiger partial charge in [-0.15, -0.1) is 22.7 Å². The maximum absolute atomic E-state index is 4.70. The van der Waals surface area contributed by atoms with Crippen molar-refractivity contribution in [3.05, 3.63) is 43.0 Å². The number of rotatable bonds is 10. The highest BCUT2D eigenvalue weighted by molar-refractivity contribution is 9.11. The van der Waals surface area contributed by atoms with Crippen molar-refractivity contribution in [2.75, 3.05) is 0 Å². The number of halogens is 2. The van der Waals surface area contributed by atoms with Gasteiger partial charge in [0.05, 0.1) is 19.3 Å². The Morgan fingerprint density at radius 1 is 0.710 bits per heavy atom. The summed E-state index contributed by atoms with van der Waals surface area (Å²) in [5.41, 5.74) is 7.25. The first-order valence-electron chi connectivity index (χ1n) is 10.9. The fourth-order valence-corrected chi connectivity index (χ4v) is 7.98. The van der Waals surface area contributed by atoms with E-state index in [1.807, 2.05) is 22.7 Å². The van der Waals surface area contributed by atoms with Gasteiger partial charge < -0.3 is 0 Å². The van der Waals surface area contributed by atoms with Crippen molar-refractivity contribution in [1.82, 2.24) is 8.75 Å². The molecule has 0 spiro atoms. The number of fused-ring (bicyclic) bond motifs is 1. The minimum Gasteiger partial charge on any atom is -0.172 e.